The van der Waals surface area contributed by atoms with E-state index in [0.29, 0.717) is 24.8 Å². The van der Waals surface area contributed by atoms with Crippen molar-refractivity contribution in [2.24, 2.45) is 0 Å². The lowest BCUT2D eigenvalue weighted by Gasteiger charge is -2.31. The van der Waals surface area contributed by atoms with Gasteiger partial charge in [0, 0.05) is 19.1 Å². The molecule has 0 saturated heterocycles. The van der Waals surface area contributed by atoms with Crippen LogP contribution in [-0.4, -0.2) is 31.3 Å². The van der Waals surface area contributed by atoms with Gasteiger partial charge in [-0.25, -0.2) is 4.39 Å². The fraction of sp³-hybridized carbons (Fsp3) is 0.600. The van der Waals surface area contributed by atoms with Crippen molar-refractivity contribution in [1.29, 1.82) is 0 Å². The van der Waals surface area contributed by atoms with Gasteiger partial charge in [0.05, 0.1) is 12.3 Å². The summed E-state index contributed by atoms with van der Waals surface area (Å²) in [6.07, 6.45) is 4.59. The number of nitrogens with zero attached hydrogens (tertiary/aromatic N) is 1. The number of halogens is 1. The number of aliphatic hydroxyl groups is 1. The molecule has 2 rings (SSSR count). The lowest BCUT2D eigenvalue weighted by atomic mass is 10.1. The molecule has 0 atom stereocenters. The highest BCUT2D eigenvalue weighted by Gasteiger charge is 2.24. The summed E-state index contributed by atoms with van der Waals surface area (Å²) in [5.74, 6) is -0.187. The molecule has 1 saturated carbocycles. The van der Waals surface area contributed by atoms with Gasteiger partial charge < -0.3 is 15.3 Å². The third kappa shape index (κ3) is 3.45. The fourth-order valence-electron chi connectivity index (χ4n) is 2.92. The minimum atomic E-state index is -0.187. The Morgan fingerprint density at radius 3 is 2.68 bits per heavy atom. The molecule has 1 aliphatic rings. The van der Waals surface area contributed by atoms with Crippen LogP contribution in [-0.2, 0) is 6.54 Å². The van der Waals surface area contributed by atoms with E-state index < -0.39 is 0 Å². The molecule has 106 valence electrons. The van der Waals surface area contributed by atoms with Crippen LogP contribution >= 0.6 is 0 Å². The molecule has 1 fully saturated rings. The van der Waals surface area contributed by atoms with E-state index in [4.69, 9.17) is 0 Å². The molecule has 0 aromatic heterocycles. The molecule has 0 unspecified atom stereocenters. The molecular formula is C15H23FN2O. The summed E-state index contributed by atoms with van der Waals surface area (Å²) in [7, 11) is 1.85. The summed E-state index contributed by atoms with van der Waals surface area (Å²) in [4.78, 5) is 2.03. The normalized spacial score (nSPS) is 15.9. The van der Waals surface area contributed by atoms with Gasteiger partial charge in [-0.1, -0.05) is 18.9 Å². The maximum absolute atomic E-state index is 14.2. The maximum atomic E-state index is 14.2. The SMILES string of the molecule is CNCc1ccc(N(CCO)C2CCCC2)c(F)c1. The van der Waals surface area contributed by atoms with Crippen molar-refractivity contribution >= 4 is 5.69 Å². The van der Waals surface area contributed by atoms with Crippen LogP contribution in [0.4, 0.5) is 10.1 Å². The van der Waals surface area contributed by atoms with Crippen LogP contribution in [0.1, 0.15) is 31.2 Å². The molecule has 0 spiro atoms. The predicted molar refractivity (Wildman–Crippen MR) is 75.9 cm³/mol. The van der Waals surface area contributed by atoms with Gasteiger partial charge in [-0.05, 0) is 37.6 Å². The van der Waals surface area contributed by atoms with E-state index in [1.807, 2.05) is 24.1 Å². The highest BCUT2D eigenvalue weighted by atomic mass is 19.1. The molecule has 0 radical (unpaired) electrons. The average molecular weight is 266 g/mol. The van der Waals surface area contributed by atoms with Crippen molar-refractivity contribution in [3.8, 4) is 0 Å². The number of rotatable bonds is 6. The fourth-order valence-corrected chi connectivity index (χ4v) is 2.92. The number of aliphatic hydroxyl groups excluding tert-OH is 1. The molecule has 19 heavy (non-hydrogen) atoms. The van der Waals surface area contributed by atoms with Gasteiger partial charge in [0.25, 0.3) is 0 Å². The van der Waals surface area contributed by atoms with Crippen LogP contribution in [0.15, 0.2) is 18.2 Å². The minimum absolute atomic E-state index is 0.0637. The monoisotopic (exact) mass is 266 g/mol. The quantitative estimate of drug-likeness (QED) is 0.829. The predicted octanol–water partition coefficient (Wildman–Crippen LogP) is 2.29. The Balaban J connectivity index is 2.20. The summed E-state index contributed by atoms with van der Waals surface area (Å²) in [5.41, 5.74) is 1.57. The van der Waals surface area contributed by atoms with E-state index in [-0.39, 0.29) is 12.4 Å². The standard InChI is InChI=1S/C15H23FN2O/c1-17-11-12-6-7-15(14(16)10-12)18(8-9-19)13-4-2-3-5-13/h6-7,10,13,17,19H,2-5,8-9,11H2,1H3. The van der Waals surface area contributed by atoms with E-state index in [9.17, 15) is 9.50 Å². The van der Waals surface area contributed by atoms with Crippen LogP contribution in [0.2, 0.25) is 0 Å². The molecule has 0 bridgehead atoms. The molecule has 3 nitrogen and oxygen atoms in total. The topological polar surface area (TPSA) is 35.5 Å². The lowest BCUT2D eigenvalue weighted by molar-refractivity contribution is 0.296. The van der Waals surface area contributed by atoms with Gasteiger partial charge in [-0.15, -0.1) is 0 Å². The van der Waals surface area contributed by atoms with Crippen LogP contribution in [0.5, 0.6) is 0 Å². The lowest BCUT2D eigenvalue weighted by Crippen LogP contribution is -2.36. The van der Waals surface area contributed by atoms with Crippen molar-refractivity contribution in [2.75, 3.05) is 25.1 Å². The molecule has 1 aliphatic carbocycles. The van der Waals surface area contributed by atoms with Crippen LogP contribution in [0, 0.1) is 5.82 Å². The number of nitrogens with one attached hydrogen (secondary N) is 1. The summed E-state index contributed by atoms with van der Waals surface area (Å²) < 4.78 is 14.2. The maximum Gasteiger partial charge on any atom is 0.146 e. The molecular weight excluding hydrogens is 243 g/mol. The Labute approximate surface area is 114 Å². The van der Waals surface area contributed by atoms with Gasteiger partial charge in [0.1, 0.15) is 5.82 Å². The van der Waals surface area contributed by atoms with Gasteiger partial charge in [-0.2, -0.15) is 0 Å². The summed E-state index contributed by atoms with van der Waals surface area (Å²) in [5, 5.41) is 12.2. The molecule has 1 aromatic rings. The third-order valence-corrected chi connectivity index (χ3v) is 3.81. The van der Waals surface area contributed by atoms with Crippen LogP contribution in [0.3, 0.4) is 0 Å². The van der Waals surface area contributed by atoms with Gasteiger partial charge in [-0.3, -0.25) is 0 Å². The molecule has 0 amide bonds. The summed E-state index contributed by atoms with van der Waals surface area (Å²) >= 11 is 0. The second-order valence-corrected chi connectivity index (χ2v) is 5.17. The van der Waals surface area contributed by atoms with Crippen molar-refractivity contribution in [3.05, 3.63) is 29.6 Å². The van der Waals surface area contributed by atoms with Crippen molar-refractivity contribution < 1.29 is 9.50 Å². The molecule has 0 aliphatic heterocycles. The first-order valence-corrected chi connectivity index (χ1v) is 7.06. The zero-order chi connectivity index (χ0) is 13.7. The average Bonchev–Trinajstić information content (AvgIpc) is 2.91. The second kappa shape index (κ2) is 6.87. The Hall–Kier alpha value is -1.13. The van der Waals surface area contributed by atoms with Crippen molar-refractivity contribution in [2.45, 2.75) is 38.3 Å². The number of hydrogen-bond donors (Lipinski definition) is 2. The first-order valence-electron chi connectivity index (χ1n) is 7.06. The van der Waals surface area contributed by atoms with Gasteiger partial charge >= 0.3 is 0 Å². The van der Waals surface area contributed by atoms with E-state index in [2.05, 4.69) is 5.32 Å². The summed E-state index contributed by atoms with van der Waals surface area (Å²) in [6, 6.07) is 5.76. The largest absolute Gasteiger partial charge is 0.395 e. The highest BCUT2D eigenvalue weighted by molar-refractivity contribution is 5.50. The van der Waals surface area contributed by atoms with E-state index >= 15 is 0 Å². The number of benzene rings is 1. The van der Waals surface area contributed by atoms with Gasteiger partial charge in [0.15, 0.2) is 0 Å². The molecule has 0 heterocycles. The Kier molecular flexibility index (Phi) is 5.16. The summed E-state index contributed by atoms with van der Waals surface area (Å²) in [6.45, 7) is 1.24. The second-order valence-electron chi connectivity index (χ2n) is 5.17. The number of hydrogen-bond acceptors (Lipinski definition) is 3. The van der Waals surface area contributed by atoms with Gasteiger partial charge in [0.2, 0.25) is 0 Å². The van der Waals surface area contributed by atoms with Crippen LogP contribution in [0.25, 0.3) is 0 Å². The van der Waals surface area contributed by atoms with E-state index in [0.717, 1.165) is 18.4 Å². The Morgan fingerprint density at radius 2 is 2.11 bits per heavy atom. The molecule has 1 aromatic carbocycles. The zero-order valence-corrected chi connectivity index (χ0v) is 11.5. The molecule has 4 heteroatoms. The number of anilines is 1. The van der Waals surface area contributed by atoms with Crippen LogP contribution < -0.4 is 10.2 Å². The first kappa shape index (κ1) is 14.3. The highest BCUT2D eigenvalue weighted by Crippen LogP contribution is 2.30. The minimum Gasteiger partial charge on any atom is -0.395 e. The Bertz CT molecular complexity index is 405. The zero-order valence-electron chi connectivity index (χ0n) is 11.5. The third-order valence-electron chi connectivity index (χ3n) is 3.81. The molecule has 2 N–H and O–H groups in total. The Morgan fingerprint density at radius 1 is 1.37 bits per heavy atom. The van der Waals surface area contributed by atoms with Crippen molar-refractivity contribution in [3.63, 3.8) is 0 Å². The van der Waals surface area contributed by atoms with E-state index in [1.54, 1.807) is 6.07 Å². The smallest absolute Gasteiger partial charge is 0.146 e. The van der Waals surface area contributed by atoms with E-state index in [1.165, 1.54) is 12.8 Å². The van der Waals surface area contributed by atoms with Crippen molar-refractivity contribution in [1.82, 2.24) is 5.32 Å². The first-order chi connectivity index (χ1) is 9.26.